The number of fused-ring (bicyclic) bond motifs is 1. The zero-order valence-electron chi connectivity index (χ0n) is 67.0. The number of ether oxygens (including phenoxy) is 22. The van der Waals surface area contributed by atoms with Crippen LogP contribution in [0.3, 0.4) is 0 Å². The summed E-state index contributed by atoms with van der Waals surface area (Å²) in [6, 6.07) is 41.0. The highest BCUT2D eigenvalue weighted by Crippen LogP contribution is 2.33. The van der Waals surface area contributed by atoms with Crippen molar-refractivity contribution in [2.75, 3.05) is 79.3 Å². The van der Waals surface area contributed by atoms with Gasteiger partial charge in [0.25, 0.3) is 0 Å². The lowest BCUT2D eigenvalue weighted by Gasteiger charge is -2.17. The largest absolute Gasteiger partial charge is 0.519 e. The Kier molecular flexibility index (Phi) is 39.9. The third-order valence-electron chi connectivity index (χ3n) is 16.7. The minimum Gasteiger partial charge on any atom is -0.494 e. The van der Waals surface area contributed by atoms with Gasteiger partial charge in [-0.1, -0.05) is 32.4 Å². The maximum atomic E-state index is 13.2. The molecule has 0 saturated carbocycles. The van der Waals surface area contributed by atoms with Crippen molar-refractivity contribution in [2.45, 2.75) is 88.6 Å². The molecule has 0 bridgehead atoms. The zero-order chi connectivity index (χ0) is 88.6. The molecule has 2 fully saturated rings. The van der Waals surface area contributed by atoms with E-state index < -0.39 is 103 Å². The number of rotatable bonds is 45. The predicted octanol–water partition coefficient (Wildman–Crippen LogP) is 14.3. The first-order chi connectivity index (χ1) is 60.1. The van der Waals surface area contributed by atoms with E-state index in [9.17, 15) is 62.3 Å². The molecule has 35 heteroatoms. The highest BCUT2D eigenvalue weighted by Gasteiger charge is 2.51. The molecular weight excluding hydrogens is 1630 g/mol. The van der Waals surface area contributed by atoms with Gasteiger partial charge >= 0.3 is 78.5 Å². The molecule has 0 aromatic heterocycles. The van der Waals surface area contributed by atoms with Crippen LogP contribution in [0.1, 0.15) is 106 Å². The number of unbranched alkanes of at least 4 members (excludes halogenated alkanes) is 5. The molecule has 2 saturated heterocycles. The third-order valence-corrected chi connectivity index (χ3v) is 16.7. The first-order valence-electron chi connectivity index (χ1n) is 38.6. The van der Waals surface area contributed by atoms with Crippen LogP contribution in [-0.2, 0) is 76.0 Å². The Hall–Kier alpha value is -14.9. The number of hydrogen-bond acceptors (Lipinski definition) is 35. The lowest BCUT2D eigenvalue weighted by molar-refractivity contribution is -0.138. The molecule has 2 heterocycles. The van der Waals surface area contributed by atoms with Gasteiger partial charge in [0.05, 0.1) is 102 Å². The van der Waals surface area contributed by atoms with Gasteiger partial charge in [-0.15, -0.1) is 0 Å². The van der Waals surface area contributed by atoms with Crippen molar-refractivity contribution < 1.29 is 167 Å². The van der Waals surface area contributed by atoms with Crippen molar-refractivity contribution in [3.8, 4) is 57.5 Å². The van der Waals surface area contributed by atoms with Crippen LogP contribution in [-0.4, -0.2) is 182 Å². The summed E-state index contributed by atoms with van der Waals surface area (Å²) in [5, 5.41) is 0. The number of carbonyl (C=O) groups is 13. The monoisotopic (exact) mass is 1720 g/mol. The van der Waals surface area contributed by atoms with E-state index in [0.29, 0.717) is 113 Å². The molecule has 0 N–H and O–H groups in total. The Morgan fingerprint density at radius 3 is 0.831 bits per heavy atom. The molecule has 654 valence electrons. The molecule has 2 aliphatic rings. The van der Waals surface area contributed by atoms with Crippen molar-refractivity contribution in [1.29, 1.82) is 0 Å². The molecule has 0 spiro atoms. The van der Waals surface area contributed by atoms with E-state index in [1.54, 1.807) is 48.5 Å². The SMILES string of the molecule is C=CC(=O)OCCCCOC(=O)OCCCCOC(=O)Oc1ccc(OC(=O)Oc2cccc(C(=O)O[C@H]3CO[C@H]4[C@@H]3OC[C@H]4OC(=O)c3ccc(OC(=O)Oc4ccc(OC(=O)OCCCCOC(=O)C=C)cc4)cc3)c2)cc1.C=CC(=O)OCCCCOc1ccc(C(=O)Oc2ccc(OC(=O)c3ccc(OCCCCOC(=O)C=C)cc3)cc2)cc1. The summed E-state index contributed by atoms with van der Waals surface area (Å²) >= 11 is 0. The second-order valence-electron chi connectivity index (χ2n) is 25.8. The minimum absolute atomic E-state index is 0.0211. The smallest absolute Gasteiger partial charge is 0.494 e. The van der Waals surface area contributed by atoms with Gasteiger partial charge in [0.15, 0.2) is 12.2 Å². The molecule has 124 heavy (non-hydrogen) atoms. The Bertz CT molecular complexity index is 4630. The van der Waals surface area contributed by atoms with Crippen LogP contribution in [0.2, 0.25) is 0 Å². The standard InChI is InChI=1S/C55H54O25.C34H34O10/c1-3-45(56)65-26-5-7-28-67-51(60)68-29-9-10-31-70-53(62)74-39-20-24-41(25-21-39)77-55(64)78-42-13-11-12-36(32-42)50(59)80-44-34-72-47-43(33-71-48(44)47)79-49(58)35-14-16-37(17-15-35)75-54(63)76-40-22-18-38(19-23-40)73-52(61)69-30-8-6-27-66-46(57)4-2;1-3-31(35)41-23-7-5-21-39-27-13-9-25(10-14-27)33(37)43-29-17-19-30(20-18-29)44-34(38)26-11-15-28(16-12-26)40-22-6-8-24-42-32(36)4-2/h3-4,11-25,32,43-44,47-48H,1-2,5-10,26-31,33-34H2;3-4,9-20H,1-2,5-8,21-24H2/t43-,44+,47-,48-;/m1./s1. The van der Waals surface area contributed by atoms with Crippen LogP contribution in [0, 0.1) is 0 Å². The van der Waals surface area contributed by atoms with Crippen molar-refractivity contribution in [3.05, 3.63) is 243 Å². The number of esters is 8. The lowest BCUT2D eigenvalue weighted by Crippen LogP contribution is -2.36. The van der Waals surface area contributed by atoms with E-state index >= 15 is 0 Å². The summed E-state index contributed by atoms with van der Waals surface area (Å²) in [5.74, 6) is -2.53. The molecule has 35 nitrogen and oxygen atoms in total. The Morgan fingerprint density at radius 2 is 0.508 bits per heavy atom. The van der Waals surface area contributed by atoms with Crippen molar-refractivity contribution >= 4 is 78.5 Å². The van der Waals surface area contributed by atoms with Gasteiger partial charge in [0.1, 0.15) is 69.7 Å². The fraction of sp³-hybridized carbons (Fsp3) is 0.292. The molecular formula is C89H88O35. The van der Waals surface area contributed by atoms with Crippen molar-refractivity contribution in [2.24, 2.45) is 0 Å². The van der Waals surface area contributed by atoms with E-state index in [4.69, 9.17) is 104 Å². The van der Waals surface area contributed by atoms with E-state index in [0.717, 1.165) is 24.3 Å². The lowest BCUT2D eigenvalue weighted by atomic mass is 10.1. The molecule has 0 radical (unpaired) electrons. The summed E-state index contributed by atoms with van der Waals surface area (Å²) < 4.78 is 115. The maximum absolute atomic E-state index is 13.2. The molecule has 0 unspecified atom stereocenters. The van der Waals surface area contributed by atoms with Crippen LogP contribution < -0.4 is 47.4 Å². The number of hydrogen-bond donors (Lipinski definition) is 0. The minimum atomic E-state index is -1.14. The summed E-state index contributed by atoms with van der Waals surface area (Å²) in [7, 11) is 0. The second kappa shape index (κ2) is 52.2. The predicted molar refractivity (Wildman–Crippen MR) is 429 cm³/mol. The Morgan fingerprint density at radius 1 is 0.258 bits per heavy atom. The first kappa shape index (κ1) is 94.6. The second-order valence-corrected chi connectivity index (χ2v) is 25.8. The summed E-state index contributed by atoms with van der Waals surface area (Å²) in [5.41, 5.74) is 0.811. The van der Waals surface area contributed by atoms with E-state index in [-0.39, 0.29) is 110 Å². The van der Waals surface area contributed by atoms with Crippen molar-refractivity contribution in [1.82, 2.24) is 0 Å². The Labute approximate surface area is 710 Å². The van der Waals surface area contributed by atoms with Crippen LogP contribution in [0.4, 0.5) is 24.0 Å². The molecule has 9 rings (SSSR count). The quantitative estimate of drug-likeness (QED) is 0.00854. The zero-order valence-corrected chi connectivity index (χ0v) is 67.0. The average Bonchev–Trinajstić information content (AvgIpc) is 1.64. The topological polar surface area (TPSA) is 425 Å². The number of carbonyl (C=O) groups excluding carboxylic acids is 13. The fourth-order valence-corrected chi connectivity index (χ4v) is 10.5. The Balaban J connectivity index is 0.000000365. The van der Waals surface area contributed by atoms with E-state index in [2.05, 4.69) is 26.3 Å². The van der Waals surface area contributed by atoms with E-state index in [1.165, 1.54) is 121 Å². The van der Waals surface area contributed by atoms with Gasteiger partial charge in [-0.25, -0.2) is 62.3 Å². The molecule has 0 aliphatic carbocycles. The highest BCUT2D eigenvalue weighted by atomic mass is 16.8. The summed E-state index contributed by atoms with van der Waals surface area (Å²) in [4.78, 5) is 156. The molecule has 2 aliphatic heterocycles. The molecule has 7 aromatic rings. The molecule has 7 aromatic carbocycles. The molecule has 4 atom stereocenters. The first-order valence-corrected chi connectivity index (χ1v) is 38.6. The fourth-order valence-electron chi connectivity index (χ4n) is 10.5. The van der Waals surface area contributed by atoms with Crippen LogP contribution in [0.15, 0.2) is 220 Å². The van der Waals surface area contributed by atoms with Crippen LogP contribution >= 0.6 is 0 Å². The van der Waals surface area contributed by atoms with Gasteiger partial charge in [0, 0.05) is 24.3 Å². The normalized spacial score (nSPS) is 13.7. The van der Waals surface area contributed by atoms with E-state index in [1.807, 2.05) is 0 Å². The summed E-state index contributed by atoms with van der Waals surface area (Å²) in [6.45, 7) is 15.1. The van der Waals surface area contributed by atoms with Crippen LogP contribution in [0.5, 0.6) is 57.5 Å². The van der Waals surface area contributed by atoms with Crippen molar-refractivity contribution in [3.63, 3.8) is 0 Å². The molecule has 0 amide bonds. The van der Waals surface area contributed by atoms with Gasteiger partial charge in [-0.05, 0) is 228 Å². The van der Waals surface area contributed by atoms with Gasteiger partial charge in [0.2, 0.25) is 0 Å². The highest BCUT2D eigenvalue weighted by molar-refractivity contribution is 5.93. The van der Waals surface area contributed by atoms with Gasteiger partial charge < -0.3 is 104 Å². The average molecular weight is 1720 g/mol. The van der Waals surface area contributed by atoms with Gasteiger partial charge in [-0.2, -0.15) is 0 Å². The maximum Gasteiger partial charge on any atom is 0.519 e. The third kappa shape index (κ3) is 34.8. The van der Waals surface area contributed by atoms with Gasteiger partial charge in [-0.3, -0.25) is 0 Å². The summed E-state index contributed by atoms with van der Waals surface area (Å²) in [6.07, 6.45) is 1.36. The number of benzene rings is 7. The van der Waals surface area contributed by atoms with Crippen LogP contribution in [0.25, 0.3) is 0 Å².